The maximum atomic E-state index is 11.5. The molecule has 0 spiro atoms. The number of amides is 1. The van der Waals surface area contributed by atoms with Gasteiger partial charge in [-0.25, -0.2) is 0 Å². The summed E-state index contributed by atoms with van der Waals surface area (Å²) in [5.74, 6) is 0.447. The van der Waals surface area contributed by atoms with Crippen LogP contribution in [0.4, 0.5) is 0 Å². The highest BCUT2D eigenvalue weighted by Crippen LogP contribution is 2.22. The number of nitrogens with two attached hydrogens (primary N) is 1. The van der Waals surface area contributed by atoms with Gasteiger partial charge in [0.15, 0.2) is 0 Å². The minimum absolute atomic E-state index is 0.0239. The minimum atomic E-state index is -0.360. The number of carbonyl (C=O) groups is 1. The van der Waals surface area contributed by atoms with Gasteiger partial charge in [0, 0.05) is 12.6 Å². The molecular formula is C11H22N2O2. The molecular weight excluding hydrogens is 192 g/mol. The zero-order valence-electron chi connectivity index (χ0n) is 9.82. The van der Waals surface area contributed by atoms with E-state index in [1.165, 1.54) is 0 Å². The SMILES string of the molecule is CC(C)CNC(=O)C(C)OC1CC(N)C1. The number of hydrogen-bond acceptors (Lipinski definition) is 3. The topological polar surface area (TPSA) is 64.3 Å². The lowest BCUT2D eigenvalue weighted by molar-refractivity contribution is -0.139. The Labute approximate surface area is 91.5 Å². The molecule has 1 unspecified atom stereocenters. The zero-order chi connectivity index (χ0) is 11.4. The summed E-state index contributed by atoms with van der Waals surface area (Å²) in [7, 11) is 0. The maximum Gasteiger partial charge on any atom is 0.248 e. The monoisotopic (exact) mass is 214 g/mol. The molecule has 1 saturated carbocycles. The van der Waals surface area contributed by atoms with Crippen molar-refractivity contribution in [3.63, 3.8) is 0 Å². The van der Waals surface area contributed by atoms with Gasteiger partial charge in [0.05, 0.1) is 6.10 Å². The van der Waals surface area contributed by atoms with E-state index in [0.29, 0.717) is 12.5 Å². The van der Waals surface area contributed by atoms with E-state index in [9.17, 15) is 4.79 Å². The fourth-order valence-corrected chi connectivity index (χ4v) is 1.52. The molecule has 1 aliphatic carbocycles. The van der Waals surface area contributed by atoms with Gasteiger partial charge in [0.2, 0.25) is 5.91 Å². The predicted octanol–water partition coefficient (Wildman–Crippen LogP) is 0.653. The van der Waals surface area contributed by atoms with Crippen molar-refractivity contribution in [3.05, 3.63) is 0 Å². The average molecular weight is 214 g/mol. The molecule has 1 aliphatic rings. The summed E-state index contributed by atoms with van der Waals surface area (Å²) in [6.07, 6.45) is 1.57. The molecule has 15 heavy (non-hydrogen) atoms. The molecule has 0 aromatic rings. The number of rotatable bonds is 5. The molecule has 1 atom stereocenters. The first-order chi connectivity index (χ1) is 6.99. The van der Waals surface area contributed by atoms with Crippen LogP contribution in [0, 0.1) is 5.92 Å². The third-order valence-electron chi connectivity index (χ3n) is 2.58. The van der Waals surface area contributed by atoms with Crippen molar-refractivity contribution in [1.29, 1.82) is 0 Å². The van der Waals surface area contributed by atoms with Crippen LogP contribution in [-0.2, 0) is 9.53 Å². The summed E-state index contributed by atoms with van der Waals surface area (Å²) in [6, 6.07) is 0.265. The third-order valence-corrected chi connectivity index (χ3v) is 2.58. The molecule has 0 aromatic heterocycles. The van der Waals surface area contributed by atoms with Gasteiger partial charge in [-0.15, -0.1) is 0 Å². The van der Waals surface area contributed by atoms with Crippen molar-refractivity contribution in [2.24, 2.45) is 11.7 Å². The van der Waals surface area contributed by atoms with E-state index in [1.54, 1.807) is 6.92 Å². The number of ether oxygens (including phenoxy) is 1. The fraction of sp³-hybridized carbons (Fsp3) is 0.909. The quantitative estimate of drug-likeness (QED) is 0.706. The smallest absolute Gasteiger partial charge is 0.248 e. The minimum Gasteiger partial charge on any atom is -0.365 e. The van der Waals surface area contributed by atoms with Crippen LogP contribution in [0.15, 0.2) is 0 Å². The summed E-state index contributed by atoms with van der Waals surface area (Å²) in [6.45, 7) is 6.63. The van der Waals surface area contributed by atoms with E-state index in [0.717, 1.165) is 12.8 Å². The van der Waals surface area contributed by atoms with Crippen LogP contribution in [0.3, 0.4) is 0 Å². The van der Waals surface area contributed by atoms with Crippen LogP contribution in [0.25, 0.3) is 0 Å². The molecule has 0 aromatic carbocycles. The van der Waals surface area contributed by atoms with Gasteiger partial charge in [-0.05, 0) is 25.7 Å². The van der Waals surface area contributed by atoms with Gasteiger partial charge in [-0.3, -0.25) is 4.79 Å². The molecule has 4 heteroatoms. The lowest BCUT2D eigenvalue weighted by Crippen LogP contribution is -2.46. The van der Waals surface area contributed by atoms with Crippen molar-refractivity contribution in [2.75, 3.05) is 6.54 Å². The standard InChI is InChI=1S/C11H22N2O2/c1-7(2)6-13-11(14)8(3)15-10-4-9(12)5-10/h7-10H,4-6,12H2,1-3H3,(H,13,14). The van der Waals surface area contributed by atoms with Gasteiger partial charge in [-0.1, -0.05) is 13.8 Å². The second-order valence-corrected chi connectivity index (χ2v) is 4.77. The Morgan fingerprint density at radius 3 is 2.53 bits per heavy atom. The second kappa shape index (κ2) is 5.47. The largest absolute Gasteiger partial charge is 0.365 e. The predicted molar refractivity (Wildman–Crippen MR) is 59.4 cm³/mol. The molecule has 0 aliphatic heterocycles. The first-order valence-electron chi connectivity index (χ1n) is 5.67. The van der Waals surface area contributed by atoms with E-state index in [-0.39, 0.29) is 24.2 Å². The Morgan fingerprint density at radius 2 is 2.07 bits per heavy atom. The van der Waals surface area contributed by atoms with Crippen molar-refractivity contribution >= 4 is 5.91 Å². The van der Waals surface area contributed by atoms with Crippen LogP contribution >= 0.6 is 0 Å². The van der Waals surface area contributed by atoms with Crippen LogP contribution < -0.4 is 11.1 Å². The normalized spacial score (nSPS) is 27.3. The average Bonchev–Trinajstić information content (AvgIpc) is 2.11. The van der Waals surface area contributed by atoms with E-state index in [4.69, 9.17) is 10.5 Å². The second-order valence-electron chi connectivity index (χ2n) is 4.77. The highest BCUT2D eigenvalue weighted by molar-refractivity contribution is 5.80. The molecule has 0 radical (unpaired) electrons. The Kier molecular flexibility index (Phi) is 4.54. The first kappa shape index (κ1) is 12.5. The Morgan fingerprint density at radius 1 is 1.47 bits per heavy atom. The van der Waals surface area contributed by atoms with Crippen molar-refractivity contribution in [3.8, 4) is 0 Å². The van der Waals surface area contributed by atoms with E-state index < -0.39 is 0 Å². The number of nitrogens with one attached hydrogen (secondary N) is 1. The fourth-order valence-electron chi connectivity index (χ4n) is 1.52. The molecule has 4 nitrogen and oxygen atoms in total. The number of hydrogen-bond donors (Lipinski definition) is 2. The molecule has 88 valence electrons. The highest BCUT2D eigenvalue weighted by atomic mass is 16.5. The molecule has 1 fully saturated rings. The van der Waals surface area contributed by atoms with Crippen molar-refractivity contribution in [1.82, 2.24) is 5.32 Å². The molecule has 1 rings (SSSR count). The van der Waals surface area contributed by atoms with Gasteiger partial charge >= 0.3 is 0 Å². The van der Waals surface area contributed by atoms with Crippen LogP contribution in [0.5, 0.6) is 0 Å². The summed E-state index contributed by atoms with van der Waals surface area (Å²) >= 11 is 0. The number of carbonyl (C=O) groups excluding carboxylic acids is 1. The van der Waals surface area contributed by atoms with Gasteiger partial charge < -0.3 is 15.8 Å². The highest BCUT2D eigenvalue weighted by Gasteiger charge is 2.29. The van der Waals surface area contributed by atoms with Crippen LogP contribution in [0.2, 0.25) is 0 Å². The lowest BCUT2D eigenvalue weighted by Gasteiger charge is -2.34. The van der Waals surface area contributed by atoms with Gasteiger partial charge in [0.1, 0.15) is 6.10 Å². The van der Waals surface area contributed by atoms with Gasteiger partial charge in [0.25, 0.3) is 0 Å². The molecule has 1 amide bonds. The molecule has 3 N–H and O–H groups in total. The molecule has 0 saturated heterocycles. The summed E-state index contributed by atoms with van der Waals surface area (Å²) in [5, 5.41) is 2.85. The molecule has 0 heterocycles. The molecule has 0 bridgehead atoms. The van der Waals surface area contributed by atoms with Gasteiger partial charge in [-0.2, -0.15) is 0 Å². The van der Waals surface area contributed by atoms with Crippen LogP contribution in [-0.4, -0.2) is 30.7 Å². The first-order valence-corrected chi connectivity index (χ1v) is 5.67. The van der Waals surface area contributed by atoms with E-state index in [1.807, 2.05) is 0 Å². The Bertz CT molecular complexity index is 213. The maximum absolute atomic E-state index is 11.5. The van der Waals surface area contributed by atoms with Crippen molar-refractivity contribution < 1.29 is 9.53 Å². The zero-order valence-corrected chi connectivity index (χ0v) is 9.82. The third kappa shape index (κ3) is 4.18. The summed E-state index contributed by atoms with van der Waals surface area (Å²) in [4.78, 5) is 11.5. The Hall–Kier alpha value is -0.610. The van der Waals surface area contributed by atoms with E-state index >= 15 is 0 Å². The Balaban J connectivity index is 2.15. The van der Waals surface area contributed by atoms with E-state index in [2.05, 4.69) is 19.2 Å². The van der Waals surface area contributed by atoms with Crippen molar-refractivity contribution in [2.45, 2.75) is 51.9 Å². The summed E-state index contributed by atoms with van der Waals surface area (Å²) < 4.78 is 5.56. The van der Waals surface area contributed by atoms with Crippen LogP contribution in [0.1, 0.15) is 33.6 Å². The summed E-state index contributed by atoms with van der Waals surface area (Å²) in [5.41, 5.74) is 5.64. The lowest BCUT2D eigenvalue weighted by atomic mass is 9.90.